The molecule has 172 valence electrons. The summed E-state index contributed by atoms with van der Waals surface area (Å²) < 4.78 is 5.98. The lowest BCUT2D eigenvalue weighted by molar-refractivity contribution is -0.384. The fraction of sp³-hybridized carbons (Fsp3) is 0.360. The lowest BCUT2D eigenvalue weighted by atomic mass is 9.97. The second kappa shape index (κ2) is 9.15. The van der Waals surface area contributed by atoms with Crippen molar-refractivity contribution in [2.75, 3.05) is 26.2 Å². The lowest BCUT2D eigenvalue weighted by Gasteiger charge is -2.28. The molecule has 1 aliphatic rings. The third-order valence-corrected chi connectivity index (χ3v) is 6.39. The molecule has 2 heterocycles. The predicted molar refractivity (Wildman–Crippen MR) is 126 cm³/mol. The molecular formula is C25H27N3O5. The molecule has 0 N–H and O–H groups in total. The minimum atomic E-state index is -0.742. The van der Waals surface area contributed by atoms with E-state index in [0.717, 1.165) is 25.1 Å². The number of likely N-dealkylation sites (N-methyl/N-ethyl adjacent to an activating group) is 1. The second-order valence-corrected chi connectivity index (χ2v) is 8.14. The van der Waals surface area contributed by atoms with Crippen LogP contribution in [0.4, 0.5) is 5.69 Å². The van der Waals surface area contributed by atoms with E-state index in [1.165, 1.54) is 12.1 Å². The fourth-order valence-corrected chi connectivity index (χ4v) is 4.46. The van der Waals surface area contributed by atoms with Crippen molar-refractivity contribution in [3.63, 3.8) is 0 Å². The third-order valence-electron chi connectivity index (χ3n) is 6.39. The van der Waals surface area contributed by atoms with E-state index in [0.29, 0.717) is 29.6 Å². The van der Waals surface area contributed by atoms with E-state index in [2.05, 4.69) is 4.90 Å². The van der Waals surface area contributed by atoms with Crippen molar-refractivity contribution >= 4 is 22.6 Å². The first kappa shape index (κ1) is 22.7. The molecule has 0 saturated heterocycles. The Balaban J connectivity index is 1.90. The van der Waals surface area contributed by atoms with Gasteiger partial charge in [0.2, 0.25) is 5.76 Å². The van der Waals surface area contributed by atoms with Crippen LogP contribution >= 0.6 is 0 Å². The topological polar surface area (TPSA) is 96.9 Å². The standard InChI is InChI=1S/C25H27N3O5/c1-4-16-10-11-20-19(14-16)23(29)21-22(17-8-7-9-18(15-17)28(31)32)27(25(30)24(21)33-20)13-12-26(5-2)6-3/h7-11,14-15,22H,4-6,12-13H2,1-3H3. The molecule has 0 spiro atoms. The van der Waals surface area contributed by atoms with Gasteiger partial charge in [0.1, 0.15) is 5.58 Å². The highest BCUT2D eigenvalue weighted by Gasteiger charge is 2.43. The fourth-order valence-electron chi connectivity index (χ4n) is 4.46. The first-order valence-corrected chi connectivity index (χ1v) is 11.3. The van der Waals surface area contributed by atoms with E-state index in [9.17, 15) is 19.7 Å². The molecule has 33 heavy (non-hydrogen) atoms. The van der Waals surface area contributed by atoms with Crippen molar-refractivity contribution < 1.29 is 14.1 Å². The number of nitro groups is 1. The Morgan fingerprint density at radius 1 is 1.09 bits per heavy atom. The Hall–Kier alpha value is -3.52. The SMILES string of the molecule is CCc1ccc2oc3c(c(=O)c2c1)C(c1cccc([N+](=O)[O-])c1)N(CCN(CC)CC)C3=O. The Kier molecular flexibility index (Phi) is 6.29. The largest absolute Gasteiger partial charge is 0.450 e. The highest BCUT2D eigenvalue weighted by Crippen LogP contribution is 2.39. The second-order valence-electron chi connectivity index (χ2n) is 8.14. The molecule has 1 amide bonds. The number of carbonyl (C=O) groups excluding carboxylic acids is 1. The first-order chi connectivity index (χ1) is 15.9. The van der Waals surface area contributed by atoms with Crippen LogP contribution < -0.4 is 5.43 Å². The van der Waals surface area contributed by atoms with Crippen LogP contribution in [0.1, 0.15) is 54.1 Å². The number of amides is 1. The summed E-state index contributed by atoms with van der Waals surface area (Å²) in [6.45, 7) is 8.73. The van der Waals surface area contributed by atoms with Crippen LogP contribution in [0.25, 0.3) is 11.0 Å². The van der Waals surface area contributed by atoms with Gasteiger partial charge in [-0.2, -0.15) is 0 Å². The van der Waals surface area contributed by atoms with Crippen molar-refractivity contribution in [3.8, 4) is 0 Å². The summed E-state index contributed by atoms with van der Waals surface area (Å²) in [4.78, 5) is 41.8. The Morgan fingerprint density at radius 3 is 2.52 bits per heavy atom. The zero-order chi connectivity index (χ0) is 23.7. The Morgan fingerprint density at radius 2 is 1.85 bits per heavy atom. The average Bonchev–Trinajstić information content (AvgIpc) is 3.11. The van der Waals surface area contributed by atoms with Crippen LogP contribution in [-0.4, -0.2) is 46.8 Å². The number of hydrogen-bond donors (Lipinski definition) is 0. The molecule has 3 aromatic rings. The van der Waals surface area contributed by atoms with Crippen molar-refractivity contribution in [1.29, 1.82) is 0 Å². The van der Waals surface area contributed by atoms with Gasteiger partial charge < -0.3 is 14.2 Å². The summed E-state index contributed by atoms with van der Waals surface area (Å²) in [5.41, 5.74) is 1.78. The van der Waals surface area contributed by atoms with E-state index >= 15 is 0 Å². The molecule has 4 rings (SSSR count). The highest BCUT2D eigenvalue weighted by atomic mass is 16.6. The summed E-state index contributed by atoms with van der Waals surface area (Å²) in [6.07, 6.45) is 0.760. The number of nitrogens with zero attached hydrogens (tertiary/aromatic N) is 3. The van der Waals surface area contributed by atoms with E-state index in [-0.39, 0.29) is 28.3 Å². The summed E-state index contributed by atoms with van der Waals surface area (Å²) in [6, 6.07) is 10.8. The maximum Gasteiger partial charge on any atom is 0.290 e. The summed E-state index contributed by atoms with van der Waals surface area (Å²) in [5, 5.41) is 11.8. The number of non-ortho nitro benzene ring substituents is 1. The molecule has 1 aromatic heterocycles. The van der Waals surface area contributed by atoms with Crippen molar-refractivity contribution in [3.05, 3.63) is 85.3 Å². The number of nitro benzene ring substituents is 1. The molecule has 2 aromatic carbocycles. The zero-order valence-electron chi connectivity index (χ0n) is 19.0. The molecular weight excluding hydrogens is 422 g/mol. The van der Waals surface area contributed by atoms with Crippen molar-refractivity contribution in [2.24, 2.45) is 0 Å². The monoisotopic (exact) mass is 449 g/mol. The van der Waals surface area contributed by atoms with Gasteiger partial charge in [-0.1, -0.05) is 39.0 Å². The molecule has 8 heteroatoms. The third kappa shape index (κ3) is 4.02. The quantitative estimate of drug-likeness (QED) is 0.379. The van der Waals surface area contributed by atoms with Crippen LogP contribution in [0, 0.1) is 10.1 Å². The summed E-state index contributed by atoms with van der Waals surface area (Å²) in [7, 11) is 0. The maximum atomic E-state index is 13.6. The maximum absolute atomic E-state index is 13.6. The predicted octanol–water partition coefficient (Wildman–Crippen LogP) is 4.15. The smallest absolute Gasteiger partial charge is 0.290 e. The molecule has 0 bridgehead atoms. The number of aryl methyl sites for hydroxylation is 1. The molecule has 0 fully saturated rings. The number of carbonyl (C=O) groups is 1. The van der Waals surface area contributed by atoms with E-state index in [4.69, 9.17) is 4.42 Å². The normalized spacial score (nSPS) is 15.5. The average molecular weight is 450 g/mol. The van der Waals surface area contributed by atoms with Gasteiger partial charge in [0.25, 0.3) is 11.6 Å². The van der Waals surface area contributed by atoms with E-state index in [1.54, 1.807) is 29.2 Å². The summed E-state index contributed by atoms with van der Waals surface area (Å²) >= 11 is 0. The van der Waals surface area contributed by atoms with Gasteiger partial charge in [0.15, 0.2) is 5.43 Å². The number of fused-ring (bicyclic) bond motifs is 2. The zero-order valence-corrected chi connectivity index (χ0v) is 19.0. The Bertz CT molecular complexity index is 1280. The van der Waals surface area contributed by atoms with E-state index in [1.807, 2.05) is 26.8 Å². The molecule has 1 atom stereocenters. The van der Waals surface area contributed by atoms with Gasteiger partial charge in [-0.25, -0.2) is 0 Å². The molecule has 8 nitrogen and oxygen atoms in total. The number of benzene rings is 2. The van der Waals surface area contributed by atoms with E-state index < -0.39 is 11.0 Å². The number of hydrogen-bond acceptors (Lipinski definition) is 6. The van der Waals surface area contributed by atoms with Crippen LogP contribution in [0.15, 0.2) is 51.7 Å². The van der Waals surface area contributed by atoms with Gasteiger partial charge in [-0.15, -0.1) is 0 Å². The van der Waals surface area contributed by atoms with Crippen molar-refractivity contribution in [1.82, 2.24) is 9.80 Å². The van der Waals surface area contributed by atoms with Crippen LogP contribution in [-0.2, 0) is 6.42 Å². The number of rotatable bonds is 8. The van der Waals surface area contributed by atoms with Crippen LogP contribution in [0.3, 0.4) is 0 Å². The van der Waals surface area contributed by atoms with Gasteiger partial charge >= 0.3 is 0 Å². The minimum Gasteiger partial charge on any atom is -0.450 e. The van der Waals surface area contributed by atoms with Crippen LogP contribution in [0.2, 0.25) is 0 Å². The molecule has 1 unspecified atom stereocenters. The Labute approximate surface area is 191 Å². The first-order valence-electron chi connectivity index (χ1n) is 11.3. The molecule has 0 aliphatic carbocycles. The van der Waals surface area contributed by atoms with Crippen molar-refractivity contribution in [2.45, 2.75) is 33.2 Å². The lowest BCUT2D eigenvalue weighted by Crippen LogP contribution is -2.37. The van der Waals surface area contributed by atoms with Gasteiger partial charge in [-0.3, -0.25) is 19.7 Å². The highest BCUT2D eigenvalue weighted by molar-refractivity contribution is 5.99. The van der Waals surface area contributed by atoms with Gasteiger partial charge in [0.05, 0.1) is 21.9 Å². The van der Waals surface area contributed by atoms with Crippen LogP contribution in [0.5, 0.6) is 0 Å². The van der Waals surface area contributed by atoms with Gasteiger partial charge in [0, 0.05) is 25.2 Å². The molecule has 0 saturated carbocycles. The summed E-state index contributed by atoms with van der Waals surface area (Å²) in [5.74, 6) is -0.347. The minimum absolute atomic E-state index is 0.0211. The molecule has 0 radical (unpaired) electrons. The van der Waals surface area contributed by atoms with Gasteiger partial charge in [-0.05, 0) is 42.8 Å². The molecule has 1 aliphatic heterocycles.